The molecule has 180 valence electrons. The molecule has 1 atom stereocenters. The number of nitrogens with zero attached hydrogens (tertiary/aromatic N) is 1. The van der Waals surface area contributed by atoms with Gasteiger partial charge in [0, 0.05) is 22.2 Å². The van der Waals surface area contributed by atoms with E-state index in [1.165, 1.54) is 36.3 Å². The Balaban J connectivity index is 1.72. The Morgan fingerprint density at radius 1 is 1.12 bits per heavy atom. The Morgan fingerprint density at radius 2 is 1.85 bits per heavy atom. The molecule has 0 aliphatic carbocycles. The molecule has 0 saturated carbocycles. The summed E-state index contributed by atoms with van der Waals surface area (Å²) >= 11 is 6.18. The maximum absolute atomic E-state index is 14.4. The molecule has 1 aliphatic heterocycles. The summed E-state index contributed by atoms with van der Waals surface area (Å²) in [7, 11) is -3.23. The van der Waals surface area contributed by atoms with Gasteiger partial charge in [-0.25, -0.2) is 12.8 Å². The Labute approximate surface area is 200 Å². The minimum atomic E-state index is -3.23. The molecule has 3 rings (SSSR count). The standard InChI is InChI=1S/C25H31ClFNO4S/c1-2-3-4-5-6-15-32-21-12-10-19(11-13-21)25(29)28(20-14-16-33(30,31)18-20)17-22-23(26)8-7-9-24(22)27/h7-13,20H,2-6,14-18H2,1H3. The van der Waals surface area contributed by atoms with Crippen LogP contribution in [0.4, 0.5) is 4.39 Å². The molecule has 5 nitrogen and oxygen atoms in total. The van der Waals surface area contributed by atoms with Crippen molar-refractivity contribution >= 4 is 27.3 Å². The summed E-state index contributed by atoms with van der Waals surface area (Å²) in [5.74, 6) is -0.331. The normalized spacial score (nSPS) is 17.1. The van der Waals surface area contributed by atoms with Crippen molar-refractivity contribution < 1.29 is 22.3 Å². The van der Waals surface area contributed by atoms with Crippen LogP contribution in [0, 0.1) is 5.82 Å². The number of sulfone groups is 1. The number of benzene rings is 2. The Hall–Kier alpha value is -2.12. The van der Waals surface area contributed by atoms with Crippen LogP contribution in [0.25, 0.3) is 0 Å². The van der Waals surface area contributed by atoms with Gasteiger partial charge in [0.2, 0.25) is 0 Å². The van der Waals surface area contributed by atoms with Crippen molar-refractivity contribution in [3.63, 3.8) is 0 Å². The van der Waals surface area contributed by atoms with Crippen LogP contribution in [0.3, 0.4) is 0 Å². The first kappa shape index (κ1) is 25.5. The average molecular weight is 496 g/mol. The number of rotatable bonds is 11. The van der Waals surface area contributed by atoms with Gasteiger partial charge in [-0.3, -0.25) is 4.79 Å². The van der Waals surface area contributed by atoms with Gasteiger partial charge in [0.1, 0.15) is 11.6 Å². The van der Waals surface area contributed by atoms with E-state index in [2.05, 4.69) is 6.92 Å². The van der Waals surface area contributed by atoms with Crippen LogP contribution in [-0.4, -0.2) is 43.4 Å². The van der Waals surface area contributed by atoms with Gasteiger partial charge < -0.3 is 9.64 Å². The number of carbonyl (C=O) groups excluding carboxylic acids is 1. The Bertz CT molecular complexity index is 1020. The maximum atomic E-state index is 14.4. The molecule has 1 heterocycles. The van der Waals surface area contributed by atoms with Crippen LogP contribution < -0.4 is 4.74 Å². The van der Waals surface area contributed by atoms with Gasteiger partial charge in [0.05, 0.1) is 24.7 Å². The van der Waals surface area contributed by atoms with Crippen molar-refractivity contribution in [2.75, 3.05) is 18.1 Å². The van der Waals surface area contributed by atoms with Gasteiger partial charge in [-0.15, -0.1) is 0 Å². The predicted molar refractivity (Wildman–Crippen MR) is 129 cm³/mol. The van der Waals surface area contributed by atoms with Crippen LogP contribution in [0.1, 0.15) is 61.4 Å². The first-order valence-electron chi connectivity index (χ1n) is 11.5. The zero-order valence-electron chi connectivity index (χ0n) is 18.9. The molecule has 2 aromatic rings. The van der Waals surface area contributed by atoms with E-state index in [9.17, 15) is 17.6 Å². The van der Waals surface area contributed by atoms with E-state index in [4.69, 9.17) is 16.3 Å². The second kappa shape index (κ2) is 11.8. The molecular weight excluding hydrogens is 465 g/mol. The molecule has 2 aromatic carbocycles. The first-order chi connectivity index (χ1) is 15.8. The number of halogens is 2. The zero-order chi connectivity index (χ0) is 23.8. The summed E-state index contributed by atoms with van der Waals surface area (Å²) in [6, 6.07) is 10.6. The lowest BCUT2D eigenvalue weighted by atomic mass is 10.1. The summed E-state index contributed by atoms with van der Waals surface area (Å²) in [5.41, 5.74) is 0.571. The molecule has 0 spiro atoms. The van der Waals surface area contributed by atoms with E-state index in [0.717, 1.165) is 12.8 Å². The van der Waals surface area contributed by atoms with E-state index in [0.29, 0.717) is 24.3 Å². The van der Waals surface area contributed by atoms with Gasteiger partial charge in [-0.1, -0.05) is 50.3 Å². The Kier molecular flexibility index (Phi) is 9.15. The monoisotopic (exact) mass is 495 g/mol. The molecule has 1 saturated heterocycles. The van der Waals surface area contributed by atoms with Crippen LogP contribution in [-0.2, 0) is 16.4 Å². The summed E-state index contributed by atoms with van der Waals surface area (Å²) in [6.07, 6.45) is 6.05. The van der Waals surface area contributed by atoms with Crippen LogP contribution in [0.2, 0.25) is 5.02 Å². The molecule has 1 aliphatic rings. The fourth-order valence-corrected chi connectivity index (χ4v) is 5.95. The number of hydrogen-bond acceptors (Lipinski definition) is 4. The van der Waals surface area contributed by atoms with Crippen LogP contribution >= 0.6 is 11.6 Å². The predicted octanol–water partition coefficient (Wildman–Crippen LogP) is 5.66. The molecule has 1 fully saturated rings. The summed E-state index contributed by atoms with van der Waals surface area (Å²) in [6.45, 7) is 2.70. The van der Waals surface area contributed by atoms with Crippen molar-refractivity contribution in [1.82, 2.24) is 4.90 Å². The van der Waals surface area contributed by atoms with Crippen molar-refractivity contribution in [2.45, 2.75) is 58.0 Å². The molecule has 1 unspecified atom stereocenters. The second-order valence-electron chi connectivity index (χ2n) is 8.48. The lowest BCUT2D eigenvalue weighted by Crippen LogP contribution is -2.41. The summed E-state index contributed by atoms with van der Waals surface area (Å²) in [5, 5.41) is 0.205. The summed E-state index contributed by atoms with van der Waals surface area (Å²) < 4.78 is 44.3. The van der Waals surface area contributed by atoms with Crippen molar-refractivity contribution in [3.05, 3.63) is 64.4 Å². The molecule has 33 heavy (non-hydrogen) atoms. The fraction of sp³-hybridized carbons (Fsp3) is 0.480. The SMILES string of the molecule is CCCCCCCOc1ccc(C(=O)N(Cc2c(F)cccc2Cl)C2CCS(=O)(=O)C2)cc1. The van der Waals surface area contributed by atoms with Gasteiger partial charge >= 0.3 is 0 Å². The van der Waals surface area contributed by atoms with E-state index < -0.39 is 21.7 Å². The number of amides is 1. The quantitative estimate of drug-likeness (QED) is 0.377. The highest BCUT2D eigenvalue weighted by Crippen LogP contribution is 2.27. The molecule has 0 radical (unpaired) electrons. The number of unbranched alkanes of at least 4 members (excludes halogenated alkanes) is 4. The highest BCUT2D eigenvalue weighted by molar-refractivity contribution is 7.91. The minimum Gasteiger partial charge on any atom is -0.494 e. The Morgan fingerprint density at radius 3 is 2.48 bits per heavy atom. The van der Waals surface area contributed by atoms with Gasteiger partial charge in [0.25, 0.3) is 5.91 Å². The minimum absolute atomic E-state index is 0.0114. The van der Waals surface area contributed by atoms with E-state index >= 15 is 0 Å². The van der Waals surface area contributed by atoms with Crippen molar-refractivity contribution in [1.29, 1.82) is 0 Å². The van der Waals surface area contributed by atoms with Gasteiger partial charge in [-0.05, 0) is 49.2 Å². The van der Waals surface area contributed by atoms with Crippen LogP contribution in [0.5, 0.6) is 5.75 Å². The number of hydrogen-bond donors (Lipinski definition) is 0. The van der Waals surface area contributed by atoms with Gasteiger partial charge in [-0.2, -0.15) is 0 Å². The van der Waals surface area contributed by atoms with E-state index in [1.54, 1.807) is 30.3 Å². The average Bonchev–Trinajstić information content (AvgIpc) is 3.15. The second-order valence-corrected chi connectivity index (χ2v) is 11.1. The molecule has 0 aromatic heterocycles. The highest BCUT2D eigenvalue weighted by atomic mass is 35.5. The van der Waals surface area contributed by atoms with Gasteiger partial charge in [0.15, 0.2) is 9.84 Å². The lowest BCUT2D eigenvalue weighted by Gasteiger charge is -2.29. The van der Waals surface area contributed by atoms with E-state index in [1.807, 2.05) is 0 Å². The van der Waals surface area contributed by atoms with Crippen molar-refractivity contribution in [2.24, 2.45) is 0 Å². The largest absolute Gasteiger partial charge is 0.494 e. The summed E-state index contributed by atoms with van der Waals surface area (Å²) in [4.78, 5) is 14.8. The highest BCUT2D eigenvalue weighted by Gasteiger charge is 2.35. The molecule has 0 N–H and O–H groups in total. The zero-order valence-corrected chi connectivity index (χ0v) is 20.5. The fourth-order valence-electron chi connectivity index (χ4n) is 4.00. The first-order valence-corrected chi connectivity index (χ1v) is 13.7. The molecular formula is C25H31ClFNO4S. The molecule has 1 amide bonds. The topological polar surface area (TPSA) is 63.7 Å². The van der Waals surface area contributed by atoms with Crippen molar-refractivity contribution in [3.8, 4) is 5.75 Å². The third-order valence-corrected chi connectivity index (χ3v) is 8.02. The third kappa shape index (κ3) is 7.18. The van der Waals surface area contributed by atoms with E-state index in [-0.39, 0.29) is 34.5 Å². The van der Waals surface area contributed by atoms with Crippen LogP contribution in [0.15, 0.2) is 42.5 Å². The smallest absolute Gasteiger partial charge is 0.254 e. The lowest BCUT2D eigenvalue weighted by molar-refractivity contribution is 0.0679. The molecule has 0 bridgehead atoms. The maximum Gasteiger partial charge on any atom is 0.254 e. The molecule has 8 heteroatoms. The number of carbonyl (C=O) groups is 1. The number of ether oxygens (including phenoxy) is 1. The third-order valence-electron chi connectivity index (χ3n) is 5.92.